The fourth-order valence-electron chi connectivity index (χ4n) is 5.45. The lowest BCUT2D eigenvalue weighted by Gasteiger charge is -2.35. The average molecular weight is 539 g/mol. The third-order valence-electron chi connectivity index (χ3n) is 7.35. The van der Waals surface area contributed by atoms with Gasteiger partial charge in [-0.25, -0.2) is 0 Å². The van der Waals surface area contributed by atoms with E-state index in [2.05, 4.69) is 0 Å². The molecule has 8 heteroatoms. The number of ether oxygens (including phenoxy) is 1. The summed E-state index contributed by atoms with van der Waals surface area (Å²) >= 11 is 13.3. The lowest BCUT2D eigenvalue weighted by Crippen LogP contribution is -2.30. The van der Waals surface area contributed by atoms with Crippen LogP contribution < -0.4 is 4.74 Å². The van der Waals surface area contributed by atoms with Gasteiger partial charge in [-0.05, 0) is 59.9 Å². The Hall–Kier alpha value is -3.61. The van der Waals surface area contributed by atoms with Crippen molar-refractivity contribution in [3.05, 3.63) is 73.8 Å². The Morgan fingerprint density at radius 1 is 0.811 bits per heavy atom. The van der Waals surface area contributed by atoms with Crippen molar-refractivity contribution in [3.63, 3.8) is 0 Å². The van der Waals surface area contributed by atoms with Crippen molar-refractivity contribution in [3.8, 4) is 39.9 Å². The van der Waals surface area contributed by atoms with Gasteiger partial charge in [-0.1, -0.05) is 37.0 Å². The Morgan fingerprint density at radius 3 is 2.08 bits per heavy atom. The van der Waals surface area contributed by atoms with Crippen molar-refractivity contribution in [1.29, 1.82) is 0 Å². The summed E-state index contributed by atoms with van der Waals surface area (Å²) in [6.45, 7) is 7.21. The number of carbonyl (C=O) groups is 1. The molecule has 0 spiro atoms. The molecule has 0 fully saturated rings. The highest BCUT2D eigenvalue weighted by Gasteiger charge is 2.42. The minimum absolute atomic E-state index is 0.0104. The molecule has 4 N–H and O–H groups in total. The van der Waals surface area contributed by atoms with Gasteiger partial charge in [0.25, 0.3) is 0 Å². The normalized spacial score (nSPS) is 14.0. The lowest BCUT2D eigenvalue weighted by atomic mass is 9.67. The van der Waals surface area contributed by atoms with Crippen molar-refractivity contribution in [2.45, 2.75) is 33.1 Å². The molecular weight excluding hydrogens is 515 g/mol. The maximum Gasteiger partial charge on any atom is 0.201 e. The van der Waals surface area contributed by atoms with Crippen LogP contribution in [0.15, 0.2) is 30.3 Å². The van der Waals surface area contributed by atoms with Crippen LogP contribution in [0.2, 0.25) is 10.0 Å². The average Bonchev–Trinajstić information content (AvgIpc) is 2.82. The highest BCUT2D eigenvalue weighted by molar-refractivity contribution is 6.38. The Bertz CT molecular complexity index is 1690. The van der Waals surface area contributed by atoms with E-state index >= 15 is 0 Å². The molecule has 0 bridgehead atoms. The SMILES string of the molecule is COc1cc(O)c(-c2cc(C)c(Cl)c3cc4c(c(O)c23)C(=O)c2c(O)cc(O)cc2C4(C)C)c(C)c1Cl. The van der Waals surface area contributed by atoms with Crippen molar-refractivity contribution in [2.75, 3.05) is 7.11 Å². The fraction of sp³-hybridized carbons (Fsp3) is 0.207. The summed E-state index contributed by atoms with van der Waals surface area (Å²) in [5, 5.41) is 44.8. The molecule has 0 saturated heterocycles. The largest absolute Gasteiger partial charge is 0.508 e. The number of phenols is 4. The van der Waals surface area contributed by atoms with Crippen molar-refractivity contribution in [2.24, 2.45) is 0 Å². The number of phenolic OH excluding ortho intramolecular Hbond substituents is 4. The van der Waals surface area contributed by atoms with E-state index in [4.69, 9.17) is 27.9 Å². The first kappa shape index (κ1) is 25.1. The monoisotopic (exact) mass is 538 g/mol. The van der Waals surface area contributed by atoms with Crippen LogP contribution in [0.1, 0.15) is 52.0 Å². The summed E-state index contributed by atoms with van der Waals surface area (Å²) in [5.41, 5.74) is 2.07. The number of carbonyl (C=O) groups excluding carboxylic acids is 1. The van der Waals surface area contributed by atoms with Crippen LogP contribution in [0.3, 0.4) is 0 Å². The zero-order valence-electron chi connectivity index (χ0n) is 20.7. The van der Waals surface area contributed by atoms with Gasteiger partial charge in [-0.2, -0.15) is 0 Å². The zero-order chi connectivity index (χ0) is 27.1. The summed E-state index contributed by atoms with van der Waals surface area (Å²) in [6, 6.07) is 7.42. The smallest absolute Gasteiger partial charge is 0.201 e. The Morgan fingerprint density at radius 2 is 1.43 bits per heavy atom. The third-order valence-corrected chi connectivity index (χ3v) is 8.32. The number of fused-ring (bicyclic) bond motifs is 3. The van der Waals surface area contributed by atoms with Gasteiger partial charge in [0.05, 0.1) is 28.3 Å². The summed E-state index contributed by atoms with van der Waals surface area (Å²) in [5.74, 6) is -1.29. The molecule has 0 atom stereocenters. The second-order valence-corrected chi connectivity index (χ2v) is 10.6. The molecule has 37 heavy (non-hydrogen) atoms. The van der Waals surface area contributed by atoms with E-state index < -0.39 is 11.2 Å². The van der Waals surface area contributed by atoms with Gasteiger partial charge in [-0.3, -0.25) is 4.79 Å². The van der Waals surface area contributed by atoms with Crippen molar-refractivity contribution in [1.82, 2.24) is 0 Å². The number of halogens is 2. The number of aryl methyl sites for hydroxylation is 1. The number of methoxy groups -OCH3 is 1. The van der Waals surface area contributed by atoms with Gasteiger partial charge in [-0.15, -0.1) is 0 Å². The van der Waals surface area contributed by atoms with E-state index in [0.29, 0.717) is 54.6 Å². The van der Waals surface area contributed by atoms with Crippen LogP contribution in [0, 0.1) is 13.8 Å². The van der Waals surface area contributed by atoms with E-state index in [-0.39, 0.29) is 39.5 Å². The maximum atomic E-state index is 13.7. The van der Waals surface area contributed by atoms with Crippen LogP contribution >= 0.6 is 23.2 Å². The van der Waals surface area contributed by atoms with Crippen molar-refractivity contribution >= 4 is 39.8 Å². The molecule has 0 aromatic heterocycles. The summed E-state index contributed by atoms with van der Waals surface area (Å²) < 4.78 is 5.27. The van der Waals surface area contributed by atoms with Crippen molar-refractivity contribution < 1.29 is 30.0 Å². The van der Waals surface area contributed by atoms with E-state index in [9.17, 15) is 25.2 Å². The first-order valence-electron chi connectivity index (χ1n) is 11.5. The second-order valence-electron chi connectivity index (χ2n) is 9.88. The molecule has 5 rings (SSSR count). The van der Waals surface area contributed by atoms with Gasteiger partial charge < -0.3 is 25.2 Å². The predicted molar refractivity (Wildman–Crippen MR) is 144 cm³/mol. The number of hydrogen-bond donors (Lipinski definition) is 4. The molecule has 4 aromatic rings. The number of rotatable bonds is 2. The first-order chi connectivity index (χ1) is 17.3. The molecule has 6 nitrogen and oxygen atoms in total. The number of benzene rings is 4. The fourth-order valence-corrected chi connectivity index (χ4v) is 5.88. The second kappa shape index (κ2) is 8.20. The topological polar surface area (TPSA) is 107 Å². The third kappa shape index (κ3) is 3.36. The molecule has 1 aliphatic carbocycles. The lowest BCUT2D eigenvalue weighted by molar-refractivity contribution is 0.102. The molecule has 0 radical (unpaired) electrons. The molecule has 190 valence electrons. The van der Waals surface area contributed by atoms with Gasteiger partial charge >= 0.3 is 0 Å². The Kier molecular flexibility index (Phi) is 5.55. The molecule has 0 amide bonds. The Balaban J connectivity index is 1.96. The van der Waals surface area contributed by atoms with Gasteiger partial charge in [0.2, 0.25) is 5.78 Å². The minimum atomic E-state index is -0.880. The molecule has 0 saturated carbocycles. The van der Waals surface area contributed by atoms with E-state index in [1.807, 2.05) is 13.8 Å². The highest BCUT2D eigenvalue weighted by Crippen LogP contribution is 2.53. The molecule has 1 aliphatic rings. The summed E-state index contributed by atoms with van der Waals surface area (Å²) in [7, 11) is 1.44. The van der Waals surface area contributed by atoms with Crippen LogP contribution in [0.4, 0.5) is 0 Å². The number of hydrogen-bond acceptors (Lipinski definition) is 6. The quantitative estimate of drug-likeness (QED) is 0.216. The van der Waals surface area contributed by atoms with Crippen LogP contribution in [-0.2, 0) is 5.41 Å². The van der Waals surface area contributed by atoms with Crippen LogP contribution in [-0.4, -0.2) is 33.3 Å². The van der Waals surface area contributed by atoms with Crippen LogP contribution in [0.25, 0.3) is 21.9 Å². The van der Waals surface area contributed by atoms with Gasteiger partial charge in [0.1, 0.15) is 28.7 Å². The molecular formula is C29H24Cl2O6. The maximum absolute atomic E-state index is 13.7. The Labute approximate surface area is 223 Å². The molecule has 0 aliphatic heterocycles. The molecule has 0 unspecified atom stereocenters. The number of aromatic hydroxyl groups is 4. The highest BCUT2D eigenvalue weighted by atomic mass is 35.5. The minimum Gasteiger partial charge on any atom is -0.508 e. The van der Waals surface area contributed by atoms with E-state index in [1.54, 1.807) is 26.0 Å². The predicted octanol–water partition coefficient (Wildman–Crippen LogP) is 7.13. The van der Waals surface area contributed by atoms with Gasteiger partial charge in [0, 0.05) is 33.9 Å². The zero-order valence-corrected chi connectivity index (χ0v) is 22.3. The number of ketones is 1. The van der Waals surface area contributed by atoms with Crippen LogP contribution in [0.5, 0.6) is 28.7 Å². The standard InChI is InChI=1S/C29H24Cl2O6/c1-11-6-14(21-12(2)26(31)20(37-5)10-19(21)34)22-15(25(11)30)9-17-24(27(22)35)28(36)23-16(29(17,3)4)7-13(32)8-18(23)33/h6-10,32-35H,1-5H3. The molecule has 0 heterocycles. The summed E-state index contributed by atoms with van der Waals surface area (Å²) in [4.78, 5) is 13.7. The van der Waals surface area contributed by atoms with E-state index in [0.717, 1.165) is 6.07 Å². The summed E-state index contributed by atoms with van der Waals surface area (Å²) in [6.07, 6.45) is 0. The first-order valence-corrected chi connectivity index (χ1v) is 12.2. The van der Waals surface area contributed by atoms with Gasteiger partial charge in [0.15, 0.2) is 0 Å². The van der Waals surface area contributed by atoms with E-state index in [1.165, 1.54) is 19.2 Å². The molecule has 4 aromatic carbocycles.